The van der Waals surface area contributed by atoms with Crippen LogP contribution in [0.4, 0.5) is 0 Å². The van der Waals surface area contributed by atoms with Crippen LogP contribution in [0.1, 0.15) is 36.0 Å². The largest absolute Gasteiger partial charge is 0.394 e. The zero-order valence-electron chi connectivity index (χ0n) is 9.75. The van der Waals surface area contributed by atoms with Gasteiger partial charge in [0.15, 0.2) is 0 Å². The Bertz CT molecular complexity index is 369. The van der Waals surface area contributed by atoms with Crippen LogP contribution in [-0.4, -0.2) is 45.3 Å². The van der Waals surface area contributed by atoms with Crippen molar-refractivity contribution < 1.29 is 9.90 Å². The van der Waals surface area contributed by atoms with E-state index in [-0.39, 0.29) is 18.6 Å². The molecule has 0 bridgehead atoms. The first-order valence-electron chi connectivity index (χ1n) is 6.01. The number of nitrogens with zero attached hydrogens (tertiary/aromatic N) is 3. The first kappa shape index (κ1) is 12.0. The van der Waals surface area contributed by atoms with Crippen molar-refractivity contribution in [2.45, 2.75) is 31.7 Å². The van der Waals surface area contributed by atoms with Crippen LogP contribution in [0.5, 0.6) is 0 Å². The highest BCUT2D eigenvalue weighted by Crippen LogP contribution is 2.18. The molecule has 1 unspecified atom stereocenters. The van der Waals surface area contributed by atoms with Gasteiger partial charge in [-0.2, -0.15) is 10.2 Å². The standard InChI is InChI=1S/C12H17N3O2/c16-9-11-4-2-1-3-7-15(11)12(17)10-5-6-13-14-8-10/h5-6,8,11,16H,1-4,7,9H2. The lowest BCUT2D eigenvalue weighted by Crippen LogP contribution is -2.42. The van der Waals surface area contributed by atoms with Crippen LogP contribution in [0, 0.1) is 0 Å². The molecule has 92 valence electrons. The number of rotatable bonds is 2. The van der Waals surface area contributed by atoms with E-state index in [1.54, 1.807) is 11.0 Å². The van der Waals surface area contributed by atoms with E-state index in [9.17, 15) is 9.90 Å². The molecule has 0 aliphatic carbocycles. The zero-order chi connectivity index (χ0) is 12.1. The third-order valence-corrected chi connectivity index (χ3v) is 3.18. The van der Waals surface area contributed by atoms with Crippen LogP contribution in [0.3, 0.4) is 0 Å². The fraction of sp³-hybridized carbons (Fsp3) is 0.583. The predicted molar refractivity (Wildman–Crippen MR) is 62.4 cm³/mol. The molecule has 1 aromatic heterocycles. The maximum Gasteiger partial charge on any atom is 0.255 e. The molecule has 0 radical (unpaired) electrons. The van der Waals surface area contributed by atoms with Gasteiger partial charge in [0.1, 0.15) is 0 Å². The second-order valence-corrected chi connectivity index (χ2v) is 4.32. The molecule has 1 N–H and O–H groups in total. The Balaban J connectivity index is 2.16. The van der Waals surface area contributed by atoms with E-state index in [4.69, 9.17) is 0 Å². The maximum absolute atomic E-state index is 12.3. The van der Waals surface area contributed by atoms with Gasteiger partial charge in [0, 0.05) is 6.54 Å². The van der Waals surface area contributed by atoms with E-state index in [2.05, 4.69) is 10.2 Å². The summed E-state index contributed by atoms with van der Waals surface area (Å²) in [4.78, 5) is 14.0. The van der Waals surface area contributed by atoms with Crippen molar-refractivity contribution in [2.75, 3.05) is 13.2 Å². The third-order valence-electron chi connectivity index (χ3n) is 3.18. The Morgan fingerprint density at radius 3 is 3.00 bits per heavy atom. The highest BCUT2D eigenvalue weighted by molar-refractivity contribution is 5.94. The number of aliphatic hydroxyl groups excluding tert-OH is 1. The van der Waals surface area contributed by atoms with Crippen molar-refractivity contribution in [1.29, 1.82) is 0 Å². The molecule has 0 saturated carbocycles. The molecule has 1 aliphatic rings. The summed E-state index contributed by atoms with van der Waals surface area (Å²) in [5.41, 5.74) is 0.542. The van der Waals surface area contributed by atoms with E-state index in [1.807, 2.05) is 0 Å². The number of likely N-dealkylation sites (tertiary alicyclic amines) is 1. The summed E-state index contributed by atoms with van der Waals surface area (Å²) in [6.45, 7) is 0.747. The monoisotopic (exact) mass is 235 g/mol. The van der Waals surface area contributed by atoms with Crippen LogP contribution in [0.25, 0.3) is 0 Å². The van der Waals surface area contributed by atoms with Crippen molar-refractivity contribution in [2.24, 2.45) is 0 Å². The summed E-state index contributed by atoms with van der Waals surface area (Å²) in [5, 5.41) is 16.7. The molecule has 1 atom stereocenters. The number of aliphatic hydroxyl groups is 1. The summed E-state index contributed by atoms with van der Waals surface area (Å²) in [5.74, 6) is -0.0548. The van der Waals surface area contributed by atoms with Crippen molar-refractivity contribution in [3.8, 4) is 0 Å². The summed E-state index contributed by atoms with van der Waals surface area (Å²) in [6, 6.07) is 1.60. The lowest BCUT2D eigenvalue weighted by molar-refractivity contribution is 0.0599. The lowest BCUT2D eigenvalue weighted by Gasteiger charge is -2.28. The lowest BCUT2D eigenvalue weighted by atomic mass is 10.1. The molecule has 1 amide bonds. The molecule has 1 fully saturated rings. The molecule has 5 nitrogen and oxygen atoms in total. The SMILES string of the molecule is O=C(c1ccnnc1)N1CCCCCC1CO. The maximum atomic E-state index is 12.3. The molecule has 2 heterocycles. The van der Waals surface area contributed by atoms with Crippen LogP contribution >= 0.6 is 0 Å². The van der Waals surface area contributed by atoms with Gasteiger partial charge in [-0.25, -0.2) is 0 Å². The van der Waals surface area contributed by atoms with Gasteiger partial charge >= 0.3 is 0 Å². The van der Waals surface area contributed by atoms with Crippen LogP contribution in [0.15, 0.2) is 18.5 Å². The zero-order valence-corrected chi connectivity index (χ0v) is 9.75. The number of hydrogen-bond donors (Lipinski definition) is 1. The Morgan fingerprint density at radius 2 is 2.29 bits per heavy atom. The van der Waals surface area contributed by atoms with Crippen molar-refractivity contribution >= 4 is 5.91 Å². The normalized spacial score (nSPS) is 21.0. The first-order chi connectivity index (χ1) is 8.33. The van der Waals surface area contributed by atoms with Gasteiger partial charge in [-0.3, -0.25) is 4.79 Å². The molecule has 2 rings (SSSR count). The second-order valence-electron chi connectivity index (χ2n) is 4.32. The number of hydrogen-bond acceptors (Lipinski definition) is 4. The van der Waals surface area contributed by atoms with E-state index >= 15 is 0 Å². The number of carbonyl (C=O) groups excluding carboxylic acids is 1. The van der Waals surface area contributed by atoms with Crippen molar-refractivity contribution in [3.63, 3.8) is 0 Å². The summed E-state index contributed by atoms with van der Waals surface area (Å²) in [7, 11) is 0. The van der Waals surface area contributed by atoms with Gasteiger partial charge in [-0.15, -0.1) is 0 Å². The summed E-state index contributed by atoms with van der Waals surface area (Å²) < 4.78 is 0. The molecule has 0 aromatic carbocycles. The van der Waals surface area contributed by atoms with Crippen molar-refractivity contribution in [1.82, 2.24) is 15.1 Å². The number of amides is 1. The van der Waals surface area contributed by atoms with Crippen molar-refractivity contribution in [3.05, 3.63) is 24.0 Å². The van der Waals surface area contributed by atoms with Crippen LogP contribution in [-0.2, 0) is 0 Å². The van der Waals surface area contributed by atoms with Gasteiger partial charge in [0.25, 0.3) is 5.91 Å². The Kier molecular flexibility index (Phi) is 4.03. The van der Waals surface area contributed by atoms with E-state index in [0.717, 1.165) is 25.7 Å². The van der Waals surface area contributed by atoms with Gasteiger partial charge in [0.05, 0.1) is 30.6 Å². The van der Waals surface area contributed by atoms with E-state index in [0.29, 0.717) is 12.1 Å². The minimum Gasteiger partial charge on any atom is -0.394 e. The van der Waals surface area contributed by atoms with Gasteiger partial charge < -0.3 is 10.0 Å². The quantitative estimate of drug-likeness (QED) is 0.825. The molecule has 5 heteroatoms. The Morgan fingerprint density at radius 1 is 1.41 bits per heavy atom. The predicted octanol–water partition coefficient (Wildman–Crippen LogP) is 0.854. The average Bonchev–Trinajstić information content (AvgIpc) is 2.64. The highest BCUT2D eigenvalue weighted by Gasteiger charge is 2.25. The first-order valence-corrected chi connectivity index (χ1v) is 6.01. The number of carbonyl (C=O) groups is 1. The minimum absolute atomic E-state index is 0.0320. The second kappa shape index (κ2) is 5.72. The fourth-order valence-corrected chi connectivity index (χ4v) is 2.22. The Hall–Kier alpha value is -1.49. The van der Waals surface area contributed by atoms with Crippen LogP contribution < -0.4 is 0 Å². The average molecular weight is 235 g/mol. The minimum atomic E-state index is -0.0573. The smallest absolute Gasteiger partial charge is 0.255 e. The topological polar surface area (TPSA) is 66.3 Å². The summed E-state index contributed by atoms with van der Waals surface area (Å²) >= 11 is 0. The molecular weight excluding hydrogens is 218 g/mol. The molecule has 17 heavy (non-hydrogen) atoms. The fourth-order valence-electron chi connectivity index (χ4n) is 2.22. The molecule has 1 saturated heterocycles. The van der Waals surface area contributed by atoms with Gasteiger partial charge in [0.2, 0.25) is 0 Å². The van der Waals surface area contributed by atoms with E-state index < -0.39 is 0 Å². The molecule has 1 aliphatic heterocycles. The van der Waals surface area contributed by atoms with Crippen LogP contribution in [0.2, 0.25) is 0 Å². The molecule has 1 aromatic rings. The third kappa shape index (κ3) is 2.79. The van der Waals surface area contributed by atoms with Gasteiger partial charge in [-0.1, -0.05) is 12.8 Å². The highest BCUT2D eigenvalue weighted by atomic mass is 16.3. The van der Waals surface area contributed by atoms with Gasteiger partial charge in [-0.05, 0) is 18.9 Å². The Labute approximate surface area is 100 Å². The number of aromatic nitrogens is 2. The van der Waals surface area contributed by atoms with E-state index in [1.165, 1.54) is 12.4 Å². The summed E-state index contributed by atoms with van der Waals surface area (Å²) in [6.07, 6.45) is 7.06. The molecular formula is C12H17N3O2. The molecule has 0 spiro atoms.